The fourth-order valence-corrected chi connectivity index (χ4v) is 2.74. The van der Waals surface area contributed by atoms with Crippen LogP contribution in [0.1, 0.15) is 31.4 Å². The fraction of sp³-hybridized carbons (Fsp3) is 0.438. The summed E-state index contributed by atoms with van der Waals surface area (Å²) in [6.45, 7) is 4.30. The number of hydrogen-bond acceptors (Lipinski definition) is 3. The summed E-state index contributed by atoms with van der Waals surface area (Å²) in [5.41, 5.74) is 2.21. The Morgan fingerprint density at radius 1 is 1.32 bits per heavy atom. The van der Waals surface area contributed by atoms with Crippen molar-refractivity contribution < 1.29 is 14.3 Å². The van der Waals surface area contributed by atoms with Gasteiger partial charge in [0.25, 0.3) is 0 Å². The maximum atomic E-state index is 11.6. The lowest BCUT2D eigenvalue weighted by atomic mass is 9.76. The van der Waals surface area contributed by atoms with Gasteiger partial charge in [0.2, 0.25) is 0 Å². The standard InChI is InChI=1S/C16H20O3/c1-11(2)12-8-9-16(10-17,19-4)15-13(12)6-5-7-14(15)18-3/h5-8,10-11H,9H2,1-4H3. The van der Waals surface area contributed by atoms with Gasteiger partial charge in [-0.3, -0.25) is 4.79 Å². The maximum Gasteiger partial charge on any atom is 0.156 e. The summed E-state index contributed by atoms with van der Waals surface area (Å²) >= 11 is 0. The molecule has 0 aromatic heterocycles. The molecule has 0 saturated heterocycles. The third kappa shape index (κ3) is 2.08. The van der Waals surface area contributed by atoms with Crippen LogP contribution in [0.3, 0.4) is 0 Å². The van der Waals surface area contributed by atoms with Crippen molar-refractivity contribution in [1.29, 1.82) is 0 Å². The second-order valence-corrected chi connectivity index (χ2v) is 5.11. The second kappa shape index (κ2) is 5.17. The van der Waals surface area contributed by atoms with Gasteiger partial charge in [0.1, 0.15) is 5.75 Å². The number of carbonyl (C=O) groups is 1. The number of hydrogen-bond donors (Lipinski definition) is 0. The average Bonchev–Trinajstić information content (AvgIpc) is 2.45. The quantitative estimate of drug-likeness (QED) is 0.780. The van der Waals surface area contributed by atoms with E-state index in [4.69, 9.17) is 9.47 Å². The van der Waals surface area contributed by atoms with E-state index in [1.54, 1.807) is 14.2 Å². The first-order valence-corrected chi connectivity index (χ1v) is 6.49. The number of fused-ring (bicyclic) bond motifs is 1. The number of allylic oxidation sites excluding steroid dienone is 1. The molecule has 0 bridgehead atoms. The lowest BCUT2D eigenvalue weighted by molar-refractivity contribution is -0.128. The van der Waals surface area contributed by atoms with E-state index < -0.39 is 5.60 Å². The minimum atomic E-state index is -0.930. The van der Waals surface area contributed by atoms with Gasteiger partial charge in [-0.15, -0.1) is 0 Å². The molecule has 1 unspecified atom stereocenters. The molecule has 0 fully saturated rings. The summed E-state index contributed by atoms with van der Waals surface area (Å²) in [5.74, 6) is 1.10. The molecule has 0 aliphatic heterocycles. The normalized spacial score (nSPS) is 21.8. The summed E-state index contributed by atoms with van der Waals surface area (Å²) in [5, 5.41) is 0. The molecule has 2 rings (SSSR count). The lowest BCUT2D eigenvalue weighted by Gasteiger charge is -2.34. The van der Waals surface area contributed by atoms with Crippen molar-refractivity contribution >= 4 is 11.9 Å². The smallest absolute Gasteiger partial charge is 0.156 e. The lowest BCUT2D eigenvalue weighted by Crippen LogP contribution is -2.34. The first kappa shape index (κ1) is 13.8. The largest absolute Gasteiger partial charge is 0.496 e. The number of methoxy groups -OCH3 is 2. The van der Waals surface area contributed by atoms with E-state index in [1.165, 1.54) is 5.57 Å². The summed E-state index contributed by atoms with van der Waals surface area (Å²) in [6, 6.07) is 5.85. The minimum Gasteiger partial charge on any atom is -0.496 e. The highest BCUT2D eigenvalue weighted by Crippen LogP contribution is 2.45. The van der Waals surface area contributed by atoms with Crippen LogP contribution in [0.4, 0.5) is 0 Å². The summed E-state index contributed by atoms with van der Waals surface area (Å²) in [4.78, 5) is 11.6. The van der Waals surface area contributed by atoms with E-state index in [1.807, 2.05) is 18.2 Å². The summed E-state index contributed by atoms with van der Waals surface area (Å²) in [7, 11) is 3.19. The molecule has 1 atom stereocenters. The van der Waals surface area contributed by atoms with E-state index in [0.717, 1.165) is 17.4 Å². The van der Waals surface area contributed by atoms with Crippen LogP contribution in [0.2, 0.25) is 0 Å². The van der Waals surface area contributed by atoms with Crippen LogP contribution in [-0.4, -0.2) is 20.5 Å². The number of ether oxygens (including phenoxy) is 2. The van der Waals surface area contributed by atoms with E-state index in [2.05, 4.69) is 19.9 Å². The van der Waals surface area contributed by atoms with Crippen LogP contribution >= 0.6 is 0 Å². The van der Waals surface area contributed by atoms with Gasteiger partial charge >= 0.3 is 0 Å². The average molecular weight is 260 g/mol. The molecule has 102 valence electrons. The van der Waals surface area contributed by atoms with Crippen LogP contribution in [0, 0.1) is 5.92 Å². The topological polar surface area (TPSA) is 35.5 Å². The SMILES string of the molecule is COc1cccc2c1C(C=O)(OC)CC=C2C(C)C. The fourth-order valence-electron chi connectivity index (χ4n) is 2.74. The van der Waals surface area contributed by atoms with Crippen LogP contribution in [-0.2, 0) is 15.1 Å². The Balaban J connectivity index is 2.73. The van der Waals surface area contributed by atoms with Crippen LogP contribution in [0.15, 0.2) is 24.3 Å². The van der Waals surface area contributed by atoms with E-state index in [-0.39, 0.29) is 0 Å². The Morgan fingerprint density at radius 3 is 2.58 bits per heavy atom. The van der Waals surface area contributed by atoms with Gasteiger partial charge < -0.3 is 9.47 Å². The van der Waals surface area contributed by atoms with E-state index in [0.29, 0.717) is 18.1 Å². The molecular formula is C16H20O3. The zero-order valence-electron chi connectivity index (χ0n) is 11.9. The highest BCUT2D eigenvalue weighted by molar-refractivity contribution is 5.82. The molecule has 0 N–H and O–H groups in total. The van der Waals surface area contributed by atoms with Crippen molar-refractivity contribution in [2.75, 3.05) is 14.2 Å². The van der Waals surface area contributed by atoms with Gasteiger partial charge in [-0.25, -0.2) is 0 Å². The van der Waals surface area contributed by atoms with Gasteiger partial charge in [-0.05, 0) is 23.1 Å². The Bertz CT molecular complexity index is 517. The van der Waals surface area contributed by atoms with Crippen LogP contribution < -0.4 is 4.74 Å². The van der Waals surface area contributed by atoms with E-state index in [9.17, 15) is 4.79 Å². The number of rotatable bonds is 4. The van der Waals surface area contributed by atoms with Gasteiger partial charge in [0.15, 0.2) is 11.9 Å². The van der Waals surface area contributed by atoms with Crippen molar-refractivity contribution in [2.45, 2.75) is 25.9 Å². The highest BCUT2D eigenvalue weighted by Gasteiger charge is 2.39. The first-order valence-electron chi connectivity index (χ1n) is 6.49. The molecule has 3 heteroatoms. The third-order valence-electron chi connectivity index (χ3n) is 3.78. The monoisotopic (exact) mass is 260 g/mol. The van der Waals surface area contributed by atoms with Gasteiger partial charge in [-0.1, -0.05) is 32.1 Å². The minimum absolute atomic E-state index is 0.396. The first-order chi connectivity index (χ1) is 9.09. The predicted molar refractivity (Wildman–Crippen MR) is 75.2 cm³/mol. The van der Waals surface area contributed by atoms with Gasteiger partial charge in [0, 0.05) is 19.1 Å². The summed E-state index contributed by atoms with van der Waals surface area (Å²) in [6.07, 6.45) is 3.53. The predicted octanol–water partition coefficient (Wildman–Crippen LogP) is 3.18. The zero-order chi connectivity index (χ0) is 14.0. The molecule has 0 radical (unpaired) electrons. The van der Waals surface area contributed by atoms with E-state index >= 15 is 0 Å². The molecule has 0 heterocycles. The molecule has 1 aliphatic rings. The zero-order valence-corrected chi connectivity index (χ0v) is 11.9. The molecule has 0 saturated carbocycles. The Morgan fingerprint density at radius 2 is 2.05 bits per heavy atom. The molecule has 0 spiro atoms. The van der Waals surface area contributed by atoms with Crippen molar-refractivity contribution in [3.63, 3.8) is 0 Å². The highest BCUT2D eigenvalue weighted by atomic mass is 16.5. The molecule has 3 nitrogen and oxygen atoms in total. The molecular weight excluding hydrogens is 240 g/mol. The number of carbonyl (C=O) groups excluding carboxylic acids is 1. The Kier molecular flexibility index (Phi) is 3.76. The van der Waals surface area contributed by atoms with Crippen molar-refractivity contribution in [3.05, 3.63) is 35.4 Å². The molecule has 1 aromatic carbocycles. The molecule has 19 heavy (non-hydrogen) atoms. The Labute approximate surface area is 114 Å². The molecule has 1 aromatic rings. The van der Waals surface area contributed by atoms with Crippen molar-refractivity contribution in [3.8, 4) is 5.75 Å². The van der Waals surface area contributed by atoms with Gasteiger partial charge in [0.05, 0.1) is 7.11 Å². The van der Waals surface area contributed by atoms with Crippen molar-refractivity contribution in [1.82, 2.24) is 0 Å². The van der Waals surface area contributed by atoms with Crippen LogP contribution in [0.25, 0.3) is 5.57 Å². The third-order valence-corrected chi connectivity index (χ3v) is 3.78. The number of aldehydes is 1. The van der Waals surface area contributed by atoms with Crippen LogP contribution in [0.5, 0.6) is 5.75 Å². The van der Waals surface area contributed by atoms with Gasteiger partial charge in [-0.2, -0.15) is 0 Å². The van der Waals surface area contributed by atoms with Crippen molar-refractivity contribution in [2.24, 2.45) is 5.92 Å². The second-order valence-electron chi connectivity index (χ2n) is 5.11. The maximum absolute atomic E-state index is 11.6. The summed E-state index contributed by atoms with van der Waals surface area (Å²) < 4.78 is 11.0. The number of benzene rings is 1. The molecule has 1 aliphatic carbocycles. The molecule has 0 amide bonds. The Hall–Kier alpha value is -1.61.